The van der Waals surface area contributed by atoms with Gasteiger partial charge in [0.25, 0.3) is 0 Å². The molecule has 0 aliphatic heterocycles. The number of nitrogens with zero attached hydrogens (tertiary/aromatic N) is 3. The molecule has 2 rings (SSSR count). The molecule has 0 aliphatic rings. The normalized spacial score (nSPS) is 12.4. The van der Waals surface area contributed by atoms with Gasteiger partial charge >= 0.3 is 0 Å². The van der Waals surface area contributed by atoms with Crippen LogP contribution in [-0.2, 0) is 7.05 Å². The van der Waals surface area contributed by atoms with Gasteiger partial charge in [0.15, 0.2) is 5.16 Å². The number of ether oxygens (including phenoxy) is 1. The second kappa shape index (κ2) is 6.76. The largest absolute Gasteiger partial charge is 0.494 e. The molecule has 20 heavy (non-hydrogen) atoms. The molecule has 0 saturated heterocycles. The summed E-state index contributed by atoms with van der Waals surface area (Å²) in [5, 5.41) is 9.05. The maximum absolute atomic E-state index is 6.20. The van der Waals surface area contributed by atoms with Crippen molar-refractivity contribution in [3.05, 3.63) is 35.7 Å². The minimum atomic E-state index is -0.0346. The molecule has 0 bridgehead atoms. The van der Waals surface area contributed by atoms with Crippen LogP contribution in [0.25, 0.3) is 0 Å². The monoisotopic (exact) mass is 292 g/mol. The Labute approximate surface area is 123 Å². The predicted molar refractivity (Wildman–Crippen MR) is 81.0 cm³/mol. The molecule has 0 saturated carbocycles. The second-order valence-corrected chi connectivity index (χ2v) is 5.50. The van der Waals surface area contributed by atoms with Crippen molar-refractivity contribution in [3.8, 4) is 5.75 Å². The van der Waals surface area contributed by atoms with Gasteiger partial charge in [0.2, 0.25) is 0 Å². The molecule has 5 nitrogen and oxygen atoms in total. The quantitative estimate of drug-likeness (QED) is 0.828. The fourth-order valence-corrected chi connectivity index (χ4v) is 2.70. The van der Waals surface area contributed by atoms with Crippen LogP contribution in [0.2, 0.25) is 0 Å². The van der Waals surface area contributed by atoms with Gasteiger partial charge < -0.3 is 15.0 Å². The van der Waals surface area contributed by atoms with Gasteiger partial charge in [-0.2, -0.15) is 0 Å². The summed E-state index contributed by atoms with van der Waals surface area (Å²) in [6.45, 7) is 4.58. The third-order valence-corrected chi connectivity index (χ3v) is 4.20. The third-order valence-electron chi connectivity index (χ3n) is 3.06. The molecule has 0 spiro atoms. The van der Waals surface area contributed by atoms with Gasteiger partial charge in [0.1, 0.15) is 11.6 Å². The lowest BCUT2D eigenvalue weighted by molar-refractivity contribution is 0.340. The summed E-state index contributed by atoms with van der Waals surface area (Å²) in [5.41, 5.74) is 7.30. The molecule has 0 radical (unpaired) electrons. The van der Waals surface area contributed by atoms with Gasteiger partial charge in [-0.05, 0) is 31.5 Å². The van der Waals surface area contributed by atoms with E-state index in [0.29, 0.717) is 6.61 Å². The first kappa shape index (κ1) is 14.9. The van der Waals surface area contributed by atoms with E-state index in [1.165, 1.54) is 0 Å². The number of rotatable bonds is 6. The molecule has 1 aromatic heterocycles. The summed E-state index contributed by atoms with van der Waals surface area (Å²) in [6.07, 6.45) is 0. The Morgan fingerprint density at radius 3 is 2.55 bits per heavy atom. The minimum Gasteiger partial charge on any atom is -0.494 e. The maximum Gasteiger partial charge on any atom is 0.191 e. The third kappa shape index (κ3) is 3.52. The highest BCUT2D eigenvalue weighted by molar-refractivity contribution is 7.99. The Morgan fingerprint density at radius 2 is 2.00 bits per heavy atom. The molecule has 0 fully saturated rings. The Morgan fingerprint density at radius 1 is 1.30 bits per heavy atom. The average molecular weight is 292 g/mol. The van der Waals surface area contributed by atoms with Crippen LogP contribution in [0.5, 0.6) is 5.75 Å². The van der Waals surface area contributed by atoms with Crippen LogP contribution in [0.15, 0.2) is 29.4 Å². The first-order chi connectivity index (χ1) is 9.61. The van der Waals surface area contributed by atoms with E-state index in [1.807, 2.05) is 49.7 Å². The minimum absolute atomic E-state index is 0.0346. The lowest BCUT2D eigenvalue weighted by atomic mass is 10.1. The molecule has 2 N–H and O–H groups in total. The maximum atomic E-state index is 6.20. The summed E-state index contributed by atoms with van der Waals surface area (Å²) in [5.74, 6) is 2.54. The number of aromatic nitrogens is 3. The number of aryl methyl sites for hydroxylation is 1. The van der Waals surface area contributed by atoms with Crippen molar-refractivity contribution in [3.63, 3.8) is 0 Å². The van der Waals surface area contributed by atoms with E-state index in [9.17, 15) is 0 Å². The zero-order valence-corrected chi connectivity index (χ0v) is 12.9. The number of hydrogen-bond acceptors (Lipinski definition) is 5. The van der Waals surface area contributed by atoms with Crippen molar-refractivity contribution in [2.24, 2.45) is 12.8 Å². The highest BCUT2D eigenvalue weighted by atomic mass is 32.2. The molecule has 1 unspecified atom stereocenters. The summed E-state index contributed by atoms with van der Waals surface area (Å²) in [6, 6.07) is 7.90. The summed E-state index contributed by atoms with van der Waals surface area (Å²) in [4.78, 5) is 0. The predicted octanol–water partition coefficient (Wildman–Crippen LogP) is 2.31. The first-order valence-electron chi connectivity index (χ1n) is 6.59. The van der Waals surface area contributed by atoms with Gasteiger partial charge in [0.05, 0.1) is 6.61 Å². The molecule has 0 amide bonds. The summed E-state index contributed by atoms with van der Waals surface area (Å²) < 4.78 is 7.39. The number of hydrogen-bond donors (Lipinski definition) is 1. The van der Waals surface area contributed by atoms with Gasteiger partial charge in [-0.3, -0.25) is 0 Å². The van der Waals surface area contributed by atoms with E-state index < -0.39 is 0 Å². The first-order valence-corrected chi connectivity index (χ1v) is 7.57. The fraction of sp³-hybridized carbons (Fsp3) is 0.429. The van der Waals surface area contributed by atoms with Crippen molar-refractivity contribution >= 4 is 11.8 Å². The van der Waals surface area contributed by atoms with Crippen molar-refractivity contribution in [2.45, 2.75) is 25.0 Å². The molecular formula is C14H20N4OS. The smallest absolute Gasteiger partial charge is 0.191 e. The fourth-order valence-electron chi connectivity index (χ4n) is 1.75. The van der Waals surface area contributed by atoms with Crippen LogP contribution >= 0.6 is 11.8 Å². The summed E-state index contributed by atoms with van der Waals surface area (Å²) in [7, 11) is 1.96. The Balaban J connectivity index is 1.94. The highest BCUT2D eigenvalue weighted by Crippen LogP contribution is 2.23. The lowest BCUT2D eigenvalue weighted by Crippen LogP contribution is -2.13. The van der Waals surface area contributed by atoms with E-state index in [4.69, 9.17) is 10.5 Å². The van der Waals surface area contributed by atoms with E-state index in [1.54, 1.807) is 11.8 Å². The SMILES string of the molecule is CCOc1ccc(C(N)CSc2nnc(C)n2C)cc1. The topological polar surface area (TPSA) is 66.0 Å². The van der Waals surface area contributed by atoms with Crippen molar-refractivity contribution in [2.75, 3.05) is 12.4 Å². The number of benzene rings is 1. The van der Waals surface area contributed by atoms with E-state index in [0.717, 1.165) is 28.0 Å². The van der Waals surface area contributed by atoms with Gasteiger partial charge in [-0.15, -0.1) is 10.2 Å². The number of thioether (sulfide) groups is 1. The Kier molecular flexibility index (Phi) is 5.03. The zero-order chi connectivity index (χ0) is 14.5. The second-order valence-electron chi connectivity index (χ2n) is 4.51. The Bertz CT molecular complexity index is 553. The van der Waals surface area contributed by atoms with Crippen LogP contribution in [0.1, 0.15) is 24.4 Å². The molecule has 108 valence electrons. The molecule has 1 heterocycles. The van der Waals surface area contributed by atoms with Crippen molar-refractivity contribution in [1.29, 1.82) is 0 Å². The van der Waals surface area contributed by atoms with Crippen LogP contribution in [0.3, 0.4) is 0 Å². The van der Waals surface area contributed by atoms with E-state index in [-0.39, 0.29) is 6.04 Å². The lowest BCUT2D eigenvalue weighted by Gasteiger charge is -2.12. The number of nitrogens with two attached hydrogens (primary N) is 1. The van der Waals surface area contributed by atoms with Gasteiger partial charge in [0, 0.05) is 18.8 Å². The van der Waals surface area contributed by atoms with Crippen LogP contribution in [0.4, 0.5) is 0 Å². The van der Waals surface area contributed by atoms with Crippen LogP contribution in [0, 0.1) is 6.92 Å². The average Bonchev–Trinajstić information content (AvgIpc) is 2.77. The standard InChI is InChI=1S/C14H20N4OS/c1-4-19-12-7-5-11(6-8-12)13(15)9-20-14-17-16-10(2)18(14)3/h5-8,13H,4,9,15H2,1-3H3. The van der Waals surface area contributed by atoms with Gasteiger partial charge in [-0.1, -0.05) is 23.9 Å². The van der Waals surface area contributed by atoms with Gasteiger partial charge in [-0.25, -0.2) is 0 Å². The highest BCUT2D eigenvalue weighted by Gasteiger charge is 2.10. The van der Waals surface area contributed by atoms with E-state index in [2.05, 4.69) is 10.2 Å². The molecule has 1 atom stereocenters. The summed E-state index contributed by atoms with van der Waals surface area (Å²) >= 11 is 1.62. The Hall–Kier alpha value is -1.53. The zero-order valence-electron chi connectivity index (χ0n) is 12.0. The molecule has 6 heteroatoms. The molecule has 1 aromatic carbocycles. The van der Waals surface area contributed by atoms with Crippen LogP contribution in [-0.4, -0.2) is 27.1 Å². The van der Waals surface area contributed by atoms with Crippen molar-refractivity contribution < 1.29 is 4.74 Å². The van der Waals surface area contributed by atoms with E-state index >= 15 is 0 Å². The molecule has 0 aliphatic carbocycles. The molecule has 2 aromatic rings. The van der Waals surface area contributed by atoms with Crippen molar-refractivity contribution in [1.82, 2.24) is 14.8 Å². The molecular weight excluding hydrogens is 272 g/mol. The van der Waals surface area contributed by atoms with Crippen LogP contribution < -0.4 is 10.5 Å².